The highest BCUT2D eigenvalue weighted by atomic mass is 15.0. The maximum Gasteiger partial charge on any atom is 0.123 e. The molecule has 0 bridgehead atoms. The Morgan fingerprint density at radius 2 is 2.00 bits per heavy atom. The molecule has 0 amide bonds. The third-order valence-corrected chi connectivity index (χ3v) is 2.77. The average Bonchev–Trinajstić information content (AvgIpc) is 2.58. The zero-order valence-corrected chi connectivity index (χ0v) is 10.3. The molecule has 0 aliphatic carbocycles. The Bertz CT molecular complexity index is 503. The number of aromatic amines is 1. The van der Waals surface area contributed by atoms with Gasteiger partial charge in [0, 0.05) is 0 Å². The van der Waals surface area contributed by atoms with Crippen LogP contribution in [0, 0.1) is 0 Å². The highest BCUT2D eigenvalue weighted by Gasteiger charge is 2.19. The molecule has 0 saturated carbocycles. The van der Waals surface area contributed by atoms with Gasteiger partial charge >= 0.3 is 0 Å². The van der Waals surface area contributed by atoms with E-state index in [2.05, 4.69) is 42.9 Å². The fourth-order valence-electron chi connectivity index (χ4n) is 1.87. The molecule has 1 aromatic heterocycles. The lowest BCUT2D eigenvalue weighted by molar-refractivity contribution is 0.594. The van der Waals surface area contributed by atoms with E-state index in [9.17, 15) is 0 Å². The van der Waals surface area contributed by atoms with E-state index < -0.39 is 0 Å². The summed E-state index contributed by atoms with van der Waals surface area (Å²) in [5.74, 6) is 0.853. The Morgan fingerprint density at radius 1 is 1.31 bits per heavy atom. The van der Waals surface area contributed by atoms with Crippen LogP contribution in [0.5, 0.6) is 0 Å². The summed E-state index contributed by atoms with van der Waals surface area (Å²) in [4.78, 5) is 7.87. The topological polar surface area (TPSA) is 54.7 Å². The van der Waals surface area contributed by atoms with Crippen molar-refractivity contribution >= 4 is 11.0 Å². The molecule has 0 aliphatic heterocycles. The van der Waals surface area contributed by atoms with E-state index in [1.807, 2.05) is 13.0 Å². The molecule has 0 fully saturated rings. The van der Waals surface area contributed by atoms with Gasteiger partial charge in [0.1, 0.15) is 5.82 Å². The SMILES string of the molecule is CC(N)c1nc2c(C(C)(C)C)cccc2[nH]1. The Balaban J connectivity index is 2.68. The molecule has 1 atom stereocenters. The van der Waals surface area contributed by atoms with Gasteiger partial charge in [-0.15, -0.1) is 0 Å². The number of H-pyrrole nitrogens is 1. The van der Waals surface area contributed by atoms with Crippen LogP contribution >= 0.6 is 0 Å². The number of hydrogen-bond acceptors (Lipinski definition) is 2. The number of benzene rings is 1. The highest BCUT2D eigenvalue weighted by molar-refractivity contribution is 5.80. The van der Waals surface area contributed by atoms with Crippen molar-refractivity contribution in [3.8, 4) is 0 Å². The van der Waals surface area contributed by atoms with Crippen molar-refractivity contribution in [2.24, 2.45) is 5.73 Å². The molecule has 16 heavy (non-hydrogen) atoms. The van der Waals surface area contributed by atoms with Crippen LogP contribution in [0.2, 0.25) is 0 Å². The molecular formula is C13H19N3. The molecule has 3 nitrogen and oxygen atoms in total. The zero-order valence-electron chi connectivity index (χ0n) is 10.3. The Labute approximate surface area is 96.1 Å². The minimum Gasteiger partial charge on any atom is -0.341 e. The second-order valence-corrected chi connectivity index (χ2v) is 5.36. The van der Waals surface area contributed by atoms with Crippen molar-refractivity contribution in [2.45, 2.75) is 39.2 Å². The number of aromatic nitrogens is 2. The van der Waals surface area contributed by atoms with Crippen molar-refractivity contribution in [1.29, 1.82) is 0 Å². The van der Waals surface area contributed by atoms with Crippen molar-refractivity contribution in [1.82, 2.24) is 9.97 Å². The van der Waals surface area contributed by atoms with E-state index in [-0.39, 0.29) is 11.5 Å². The minimum absolute atomic E-state index is 0.0554. The van der Waals surface area contributed by atoms with Gasteiger partial charge in [0.2, 0.25) is 0 Å². The predicted molar refractivity (Wildman–Crippen MR) is 67.4 cm³/mol. The summed E-state index contributed by atoms with van der Waals surface area (Å²) in [6.07, 6.45) is 0. The van der Waals surface area contributed by atoms with Gasteiger partial charge in [-0.25, -0.2) is 4.98 Å². The van der Waals surface area contributed by atoms with Crippen molar-refractivity contribution in [3.63, 3.8) is 0 Å². The first kappa shape index (κ1) is 11.1. The van der Waals surface area contributed by atoms with E-state index >= 15 is 0 Å². The van der Waals surface area contributed by atoms with Crippen LogP contribution in [0.4, 0.5) is 0 Å². The second kappa shape index (κ2) is 3.59. The molecule has 1 aromatic carbocycles. The maximum absolute atomic E-state index is 5.84. The van der Waals surface area contributed by atoms with Crippen LogP contribution in [0.3, 0.4) is 0 Å². The number of hydrogen-bond donors (Lipinski definition) is 2. The standard InChI is InChI=1S/C13H19N3/c1-8(14)12-15-10-7-5-6-9(11(10)16-12)13(2,3)4/h5-8H,14H2,1-4H3,(H,15,16). The molecule has 0 spiro atoms. The summed E-state index contributed by atoms with van der Waals surface area (Å²) >= 11 is 0. The summed E-state index contributed by atoms with van der Waals surface area (Å²) in [5.41, 5.74) is 9.31. The van der Waals surface area contributed by atoms with E-state index in [0.29, 0.717) is 0 Å². The molecule has 3 N–H and O–H groups in total. The molecule has 0 saturated heterocycles. The van der Waals surface area contributed by atoms with Gasteiger partial charge in [-0.1, -0.05) is 32.9 Å². The molecule has 1 heterocycles. The molecule has 1 unspecified atom stereocenters. The molecule has 2 aromatic rings. The lowest BCUT2D eigenvalue weighted by Crippen LogP contribution is -2.11. The van der Waals surface area contributed by atoms with E-state index in [0.717, 1.165) is 16.9 Å². The summed E-state index contributed by atoms with van der Waals surface area (Å²) < 4.78 is 0. The monoisotopic (exact) mass is 217 g/mol. The summed E-state index contributed by atoms with van der Waals surface area (Å²) in [7, 11) is 0. The fourth-order valence-corrected chi connectivity index (χ4v) is 1.87. The predicted octanol–water partition coefficient (Wildman–Crippen LogP) is 2.88. The first-order chi connectivity index (χ1) is 7.39. The first-order valence-corrected chi connectivity index (χ1v) is 5.64. The summed E-state index contributed by atoms with van der Waals surface area (Å²) in [6.45, 7) is 8.53. The summed E-state index contributed by atoms with van der Waals surface area (Å²) in [5, 5.41) is 0. The van der Waals surface area contributed by atoms with Gasteiger partial charge in [-0.05, 0) is 24.0 Å². The van der Waals surface area contributed by atoms with E-state index in [1.165, 1.54) is 5.56 Å². The largest absolute Gasteiger partial charge is 0.341 e. The summed E-state index contributed by atoms with van der Waals surface area (Å²) in [6, 6.07) is 6.18. The smallest absolute Gasteiger partial charge is 0.123 e. The molecule has 2 rings (SSSR count). The van der Waals surface area contributed by atoms with Crippen LogP contribution in [0.25, 0.3) is 11.0 Å². The third kappa shape index (κ3) is 1.83. The van der Waals surface area contributed by atoms with Gasteiger partial charge in [0.25, 0.3) is 0 Å². The number of nitrogens with two attached hydrogens (primary N) is 1. The fraction of sp³-hybridized carbons (Fsp3) is 0.462. The Hall–Kier alpha value is -1.35. The zero-order chi connectivity index (χ0) is 11.9. The van der Waals surface area contributed by atoms with Crippen LogP contribution < -0.4 is 5.73 Å². The van der Waals surface area contributed by atoms with Gasteiger partial charge in [-0.2, -0.15) is 0 Å². The lowest BCUT2D eigenvalue weighted by Gasteiger charge is -2.19. The van der Waals surface area contributed by atoms with Crippen LogP contribution in [0.15, 0.2) is 18.2 Å². The molecule has 0 aliphatic rings. The van der Waals surface area contributed by atoms with Crippen LogP contribution in [-0.4, -0.2) is 9.97 Å². The van der Waals surface area contributed by atoms with E-state index in [1.54, 1.807) is 0 Å². The minimum atomic E-state index is -0.0554. The van der Waals surface area contributed by atoms with Gasteiger partial charge in [0.15, 0.2) is 0 Å². The lowest BCUT2D eigenvalue weighted by atomic mass is 9.86. The molecule has 86 valence electrons. The Kier molecular flexibility index (Phi) is 2.50. The number of nitrogens with zero attached hydrogens (tertiary/aromatic N) is 1. The number of fused-ring (bicyclic) bond motifs is 1. The third-order valence-electron chi connectivity index (χ3n) is 2.77. The van der Waals surface area contributed by atoms with Crippen molar-refractivity contribution < 1.29 is 0 Å². The van der Waals surface area contributed by atoms with E-state index in [4.69, 9.17) is 5.73 Å². The van der Waals surface area contributed by atoms with Crippen molar-refractivity contribution in [2.75, 3.05) is 0 Å². The molecule has 0 radical (unpaired) electrons. The number of para-hydroxylation sites is 1. The number of imidazole rings is 1. The highest BCUT2D eigenvalue weighted by Crippen LogP contribution is 2.29. The van der Waals surface area contributed by atoms with Gasteiger partial charge < -0.3 is 10.7 Å². The molecular weight excluding hydrogens is 198 g/mol. The normalized spacial score (nSPS) is 14.3. The van der Waals surface area contributed by atoms with Crippen LogP contribution in [0.1, 0.15) is 45.1 Å². The van der Waals surface area contributed by atoms with Crippen molar-refractivity contribution in [3.05, 3.63) is 29.6 Å². The van der Waals surface area contributed by atoms with Gasteiger partial charge in [0.05, 0.1) is 17.1 Å². The van der Waals surface area contributed by atoms with Gasteiger partial charge in [-0.3, -0.25) is 0 Å². The maximum atomic E-state index is 5.84. The molecule has 3 heteroatoms. The number of rotatable bonds is 1. The van der Waals surface area contributed by atoms with Crippen LogP contribution in [-0.2, 0) is 5.41 Å². The second-order valence-electron chi connectivity index (χ2n) is 5.36. The first-order valence-electron chi connectivity index (χ1n) is 5.64. The average molecular weight is 217 g/mol. The quantitative estimate of drug-likeness (QED) is 0.771. The Morgan fingerprint density at radius 3 is 2.56 bits per heavy atom. The number of nitrogens with one attached hydrogen (secondary N) is 1.